The van der Waals surface area contributed by atoms with Gasteiger partial charge in [0, 0.05) is 100.0 Å². The molecule has 4 heterocycles. The first-order chi connectivity index (χ1) is 56.6. The molecule has 0 N–H and O–H groups in total. The molecule has 0 amide bonds. The molecule has 0 bridgehead atoms. The molecule has 22 rings (SSSR count). The van der Waals surface area contributed by atoms with Gasteiger partial charge in [0.05, 0.1) is 44.1 Å². The quantitative estimate of drug-likeness (QED) is 0.108. The van der Waals surface area contributed by atoms with E-state index in [1.807, 2.05) is 0 Å². The third-order valence-electron chi connectivity index (χ3n) is 22.7. The maximum atomic E-state index is 2.38. The molecule has 0 spiro atoms. The molecule has 18 aromatic carbocycles. The molecule has 6 heteroatoms. The van der Waals surface area contributed by atoms with Crippen molar-refractivity contribution in [1.29, 1.82) is 0 Å². The van der Waals surface area contributed by atoms with Gasteiger partial charge in [0.25, 0.3) is 0 Å². The van der Waals surface area contributed by atoms with E-state index in [-0.39, 0.29) is 0 Å². The third kappa shape index (κ3) is 11.9. The lowest BCUT2D eigenvalue weighted by Crippen LogP contribution is -2.09. The summed E-state index contributed by atoms with van der Waals surface area (Å²) >= 11 is 0. The fourth-order valence-corrected chi connectivity index (χ4v) is 17.3. The molecule has 0 fully saturated rings. The van der Waals surface area contributed by atoms with E-state index in [2.05, 4.69) is 477 Å². The van der Waals surface area contributed by atoms with Gasteiger partial charge in [0.15, 0.2) is 0 Å². The van der Waals surface area contributed by atoms with Gasteiger partial charge in [-0.3, -0.25) is 0 Å². The molecule has 6 nitrogen and oxygen atoms in total. The van der Waals surface area contributed by atoms with Crippen LogP contribution in [-0.4, -0.2) is 18.3 Å². The summed E-state index contributed by atoms with van der Waals surface area (Å²) in [7, 11) is 0. The van der Waals surface area contributed by atoms with E-state index in [1.165, 1.54) is 137 Å². The summed E-state index contributed by atoms with van der Waals surface area (Å²) in [6.07, 6.45) is 0. The van der Waals surface area contributed by atoms with Crippen LogP contribution < -0.4 is 9.80 Å². The van der Waals surface area contributed by atoms with Crippen molar-refractivity contribution in [3.63, 3.8) is 0 Å². The van der Waals surface area contributed by atoms with Crippen LogP contribution >= 0.6 is 0 Å². The fraction of sp³-hybridized carbons (Fsp3) is 0. The second-order valence-electron chi connectivity index (χ2n) is 29.2. The van der Waals surface area contributed by atoms with Crippen molar-refractivity contribution >= 4 is 121 Å². The van der Waals surface area contributed by atoms with Gasteiger partial charge in [-0.15, -0.1) is 0 Å². The van der Waals surface area contributed by atoms with E-state index in [9.17, 15) is 0 Å². The maximum absolute atomic E-state index is 2.38. The zero-order chi connectivity index (χ0) is 75.4. The zero-order valence-electron chi connectivity index (χ0n) is 62.4. The van der Waals surface area contributed by atoms with Gasteiger partial charge >= 0.3 is 0 Å². The Morgan fingerprint density at radius 2 is 0.325 bits per heavy atom. The van der Waals surface area contributed by atoms with Gasteiger partial charge in [-0.2, -0.15) is 0 Å². The van der Waals surface area contributed by atoms with Gasteiger partial charge in [-0.25, -0.2) is 0 Å². The van der Waals surface area contributed by atoms with Crippen LogP contribution in [0.5, 0.6) is 0 Å². The van der Waals surface area contributed by atoms with E-state index in [0.717, 1.165) is 51.2 Å². The maximum Gasteiger partial charge on any atom is 0.0547 e. The summed E-state index contributed by atoms with van der Waals surface area (Å²) in [6, 6.07) is 162. The van der Waals surface area contributed by atoms with E-state index in [0.29, 0.717) is 0 Å². The highest BCUT2D eigenvalue weighted by molar-refractivity contribution is 6.13. The number of benzene rings is 18. The summed E-state index contributed by atoms with van der Waals surface area (Å²) in [6.45, 7) is 0. The predicted molar refractivity (Wildman–Crippen MR) is 481 cm³/mol. The van der Waals surface area contributed by atoms with Crippen LogP contribution in [0.15, 0.2) is 449 Å². The Bertz CT molecular complexity index is 6960. The summed E-state index contributed by atoms with van der Waals surface area (Å²) in [5, 5.41) is 10.1. The highest BCUT2D eigenvalue weighted by Crippen LogP contribution is 2.44. The van der Waals surface area contributed by atoms with Gasteiger partial charge in [-0.1, -0.05) is 273 Å². The number of rotatable bonds is 14. The van der Waals surface area contributed by atoms with Crippen molar-refractivity contribution in [2.24, 2.45) is 0 Å². The SMILES string of the molecule is c1ccc(N(c2ccc(-c3ccc(-n4c5ccccc5c5ccccc54)cc3)cc2)c2ccc(-c3ccc(-n4c5ccccc5c5ccccc54)cc3)cc2)cc1.c1ccc(N(c2ccc(-c3ccc4c(c3)c3ccccc3n4-c3ccccc3)cc2)c2ccc(-c3ccc4c5ccccc5n(-c5ccccc5)c4c3)cc2)cc1. The van der Waals surface area contributed by atoms with Crippen LogP contribution in [-0.2, 0) is 0 Å². The Balaban J connectivity index is 0.000000143. The van der Waals surface area contributed by atoms with Gasteiger partial charge < -0.3 is 28.1 Å². The number of fused-ring (bicyclic) bond motifs is 12. The normalized spacial score (nSPS) is 11.5. The van der Waals surface area contributed by atoms with E-state index in [4.69, 9.17) is 0 Å². The zero-order valence-corrected chi connectivity index (χ0v) is 62.4. The number of anilines is 6. The molecule has 0 saturated carbocycles. The molecular weight excluding hydrogens is 1380 g/mol. The summed E-state index contributed by atoms with van der Waals surface area (Å²) in [4.78, 5) is 4.66. The second kappa shape index (κ2) is 28.6. The molecule has 536 valence electrons. The second-order valence-corrected chi connectivity index (χ2v) is 29.2. The van der Waals surface area contributed by atoms with E-state index in [1.54, 1.807) is 0 Å². The van der Waals surface area contributed by atoms with Crippen molar-refractivity contribution in [1.82, 2.24) is 18.3 Å². The van der Waals surface area contributed by atoms with Gasteiger partial charge in [-0.05, 0) is 220 Å². The Labute approximate surface area is 661 Å². The minimum absolute atomic E-state index is 1.10. The molecule has 0 aliphatic carbocycles. The largest absolute Gasteiger partial charge is 0.311 e. The Morgan fingerprint density at radius 1 is 0.123 bits per heavy atom. The van der Waals surface area contributed by atoms with Crippen LogP contribution in [0.1, 0.15) is 0 Å². The number of para-hydroxylation sites is 10. The molecule has 22 aromatic rings. The lowest BCUT2D eigenvalue weighted by Gasteiger charge is -2.26. The Morgan fingerprint density at radius 3 is 0.649 bits per heavy atom. The van der Waals surface area contributed by atoms with Gasteiger partial charge in [0.2, 0.25) is 0 Å². The smallest absolute Gasteiger partial charge is 0.0547 e. The lowest BCUT2D eigenvalue weighted by molar-refractivity contribution is 1.18. The van der Waals surface area contributed by atoms with Crippen LogP contribution in [0.4, 0.5) is 34.1 Å². The van der Waals surface area contributed by atoms with Crippen molar-refractivity contribution in [2.75, 3.05) is 9.80 Å². The number of nitrogens with zero attached hydrogens (tertiary/aromatic N) is 6. The topological polar surface area (TPSA) is 26.2 Å². The molecule has 4 aromatic heterocycles. The first kappa shape index (κ1) is 66.9. The van der Waals surface area contributed by atoms with Crippen LogP contribution in [0.2, 0.25) is 0 Å². The molecule has 114 heavy (non-hydrogen) atoms. The van der Waals surface area contributed by atoms with Crippen molar-refractivity contribution in [3.05, 3.63) is 449 Å². The molecule has 0 radical (unpaired) electrons. The average molecular weight is 1460 g/mol. The fourth-order valence-electron chi connectivity index (χ4n) is 17.3. The molecule has 0 unspecified atom stereocenters. The Hall–Kier alpha value is -15.2. The van der Waals surface area contributed by atoms with Crippen LogP contribution in [0.25, 0.3) is 154 Å². The van der Waals surface area contributed by atoms with E-state index < -0.39 is 0 Å². The third-order valence-corrected chi connectivity index (χ3v) is 22.7. The first-order valence-electron chi connectivity index (χ1n) is 39.0. The van der Waals surface area contributed by atoms with Gasteiger partial charge in [0.1, 0.15) is 0 Å². The lowest BCUT2D eigenvalue weighted by atomic mass is 10.0. The molecule has 0 aliphatic heterocycles. The summed E-state index contributed by atoms with van der Waals surface area (Å²) < 4.78 is 9.47. The number of hydrogen-bond donors (Lipinski definition) is 0. The Kier molecular flexibility index (Phi) is 16.8. The monoisotopic (exact) mass is 1450 g/mol. The predicted octanol–water partition coefficient (Wildman–Crippen LogP) is 29.4. The van der Waals surface area contributed by atoms with E-state index >= 15 is 0 Å². The molecule has 0 aliphatic rings. The summed E-state index contributed by atoms with van der Waals surface area (Å²) in [5.74, 6) is 0. The van der Waals surface area contributed by atoms with Crippen LogP contribution in [0, 0.1) is 0 Å². The number of hydrogen-bond acceptors (Lipinski definition) is 2. The molecule has 0 atom stereocenters. The summed E-state index contributed by atoms with van der Waals surface area (Å²) in [5.41, 5.74) is 30.5. The first-order valence-corrected chi connectivity index (χ1v) is 39.0. The minimum atomic E-state index is 1.10. The minimum Gasteiger partial charge on any atom is -0.311 e. The van der Waals surface area contributed by atoms with Crippen molar-refractivity contribution in [2.45, 2.75) is 0 Å². The average Bonchev–Trinajstić information content (AvgIpc) is 1.60. The molecule has 0 saturated heterocycles. The molecular formula is C108H74N6. The standard InChI is InChI=1S/2C54H37N3/c1-4-14-42(15-5-1)55(45-30-24-38(25-31-45)40-29-35-53-50(36-40)48-21-11-13-23-52(48)56(53)43-16-6-2-7-17-43)46-32-26-39(27-33-46)41-28-34-49-47-20-10-12-22-51(47)57(54(49)37-41)44-18-8-3-9-19-44;1-2-12-42(13-3-1)55(43-30-22-38(23-31-43)40-26-34-45(35-27-40)56-51-18-8-4-14-47(51)48-15-5-9-19-52(48)56)44-32-24-39(25-33-44)41-28-36-46(37-29-41)57-53-20-10-6-16-49(53)50-17-7-11-21-54(50)57/h2*1-37H. The van der Waals surface area contributed by atoms with Crippen LogP contribution in [0.3, 0.4) is 0 Å². The van der Waals surface area contributed by atoms with Crippen molar-refractivity contribution < 1.29 is 0 Å². The highest BCUT2D eigenvalue weighted by Gasteiger charge is 2.21. The van der Waals surface area contributed by atoms with Crippen molar-refractivity contribution in [3.8, 4) is 67.3 Å². The highest BCUT2D eigenvalue weighted by atomic mass is 15.1. The number of aromatic nitrogens is 4.